The van der Waals surface area contributed by atoms with Gasteiger partial charge >= 0.3 is 6.03 Å². The number of benzene rings is 1. The zero-order valence-electron chi connectivity index (χ0n) is 14.1. The number of carbonyl (C=O) groups excluding carboxylic acids is 3. The van der Waals surface area contributed by atoms with Crippen LogP contribution in [0.1, 0.15) is 38.7 Å². The van der Waals surface area contributed by atoms with E-state index in [2.05, 4.69) is 5.32 Å². The second-order valence-electron chi connectivity index (χ2n) is 6.66. The number of amides is 4. The SMILES string of the molecule is C[C@H](C(=O)N1CCCCC1)N1C(=O)N[C@](C)(c2ccccc2)C1=O. The number of likely N-dealkylation sites (tertiary alicyclic amines) is 1. The minimum absolute atomic E-state index is 0.157. The van der Waals surface area contributed by atoms with Crippen molar-refractivity contribution in [2.45, 2.75) is 44.7 Å². The third kappa shape index (κ3) is 2.66. The summed E-state index contributed by atoms with van der Waals surface area (Å²) in [6, 6.07) is 7.81. The van der Waals surface area contributed by atoms with Gasteiger partial charge in [0.2, 0.25) is 5.91 Å². The van der Waals surface area contributed by atoms with Gasteiger partial charge in [-0.3, -0.25) is 9.59 Å². The van der Waals surface area contributed by atoms with Gasteiger partial charge < -0.3 is 10.2 Å². The Labute approximate surface area is 141 Å². The maximum Gasteiger partial charge on any atom is 0.326 e. The average molecular weight is 329 g/mol. The molecule has 1 aromatic carbocycles. The number of hydrogen-bond donors (Lipinski definition) is 1. The Bertz CT molecular complexity index is 655. The largest absolute Gasteiger partial charge is 0.341 e. The van der Waals surface area contributed by atoms with E-state index in [0.717, 1.165) is 24.2 Å². The lowest BCUT2D eigenvalue weighted by atomic mass is 9.92. The Morgan fingerprint density at radius 3 is 2.38 bits per heavy atom. The molecule has 0 bridgehead atoms. The molecule has 2 heterocycles. The van der Waals surface area contributed by atoms with Crippen molar-refractivity contribution in [3.05, 3.63) is 35.9 Å². The van der Waals surface area contributed by atoms with Crippen molar-refractivity contribution in [2.75, 3.05) is 13.1 Å². The molecule has 6 heteroatoms. The number of nitrogens with zero attached hydrogens (tertiary/aromatic N) is 2. The third-order valence-corrected chi connectivity index (χ3v) is 4.99. The van der Waals surface area contributed by atoms with E-state index >= 15 is 0 Å². The first kappa shape index (κ1) is 16.5. The molecular formula is C18H23N3O3. The number of nitrogens with one attached hydrogen (secondary N) is 1. The first-order chi connectivity index (χ1) is 11.4. The summed E-state index contributed by atoms with van der Waals surface area (Å²) >= 11 is 0. The minimum atomic E-state index is -1.13. The lowest BCUT2D eigenvalue weighted by Crippen LogP contribution is -2.51. The van der Waals surface area contributed by atoms with E-state index in [1.165, 1.54) is 0 Å². The molecular weight excluding hydrogens is 306 g/mol. The lowest BCUT2D eigenvalue weighted by Gasteiger charge is -2.32. The van der Waals surface area contributed by atoms with Gasteiger partial charge in [-0.15, -0.1) is 0 Å². The van der Waals surface area contributed by atoms with Crippen molar-refractivity contribution >= 4 is 17.8 Å². The smallest absolute Gasteiger partial charge is 0.326 e. The van der Waals surface area contributed by atoms with E-state index < -0.39 is 17.6 Å². The quantitative estimate of drug-likeness (QED) is 0.861. The second-order valence-corrected chi connectivity index (χ2v) is 6.66. The van der Waals surface area contributed by atoms with Crippen LogP contribution in [-0.4, -0.2) is 46.8 Å². The number of urea groups is 1. The molecule has 0 aromatic heterocycles. The molecule has 0 aliphatic carbocycles. The summed E-state index contributed by atoms with van der Waals surface area (Å²) in [4.78, 5) is 40.9. The molecule has 2 aliphatic heterocycles. The normalized spacial score (nSPS) is 25.6. The molecule has 6 nitrogen and oxygen atoms in total. The van der Waals surface area contributed by atoms with Crippen LogP contribution in [0.25, 0.3) is 0 Å². The van der Waals surface area contributed by atoms with Gasteiger partial charge in [-0.1, -0.05) is 30.3 Å². The Morgan fingerprint density at radius 1 is 1.12 bits per heavy atom. The van der Waals surface area contributed by atoms with Gasteiger partial charge in [0.25, 0.3) is 5.91 Å². The molecule has 4 amide bonds. The van der Waals surface area contributed by atoms with Crippen molar-refractivity contribution in [3.63, 3.8) is 0 Å². The van der Waals surface area contributed by atoms with E-state index in [1.807, 2.05) is 18.2 Å². The Balaban J connectivity index is 1.82. The highest BCUT2D eigenvalue weighted by Gasteiger charge is 2.52. The van der Waals surface area contributed by atoms with Crippen molar-refractivity contribution in [3.8, 4) is 0 Å². The summed E-state index contributed by atoms with van der Waals surface area (Å²) in [6.45, 7) is 4.71. The van der Waals surface area contributed by atoms with Crippen LogP contribution in [0.3, 0.4) is 0 Å². The number of hydrogen-bond acceptors (Lipinski definition) is 3. The molecule has 128 valence electrons. The van der Waals surface area contributed by atoms with Crippen LogP contribution in [0.2, 0.25) is 0 Å². The van der Waals surface area contributed by atoms with Gasteiger partial charge in [0.15, 0.2) is 0 Å². The van der Waals surface area contributed by atoms with E-state index in [-0.39, 0.29) is 11.8 Å². The highest BCUT2D eigenvalue weighted by atomic mass is 16.2. The molecule has 2 aliphatic rings. The van der Waals surface area contributed by atoms with Crippen molar-refractivity contribution < 1.29 is 14.4 Å². The molecule has 2 fully saturated rings. The van der Waals surface area contributed by atoms with E-state index in [4.69, 9.17) is 0 Å². The van der Waals surface area contributed by atoms with Crippen molar-refractivity contribution in [1.29, 1.82) is 0 Å². The Hall–Kier alpha value is -2.37. The highest BCUT2D eigenvalue weighted by molar-refractivity contribution is 6.09. The van der Waals surface area contributed by atoms with Crippen LogP contribution in [-0.2, 0) is 15.1 Å². The van der Waals surface area contributed by atoms with Gasteiger partial charge in [0.05, 0.1) is 0 Å². The van der Waals surface area contributed by atoms with Gasteiger partial charge in [0.1, 0.15) is 11.6 Å². The zero-order valence-corrected chi connectivity index (χ0v) is 14.1. The second kappa shape index (κ2) is 6.26. The minimum Gasteiger partial charge on any atom is -0.341 e. The molecule has 1 aromatic rings. The highest BCUT2D eigenvalue weighted by Crippen LogP contribution is 2.30. The van der Waals surface area contributed by atoms with Gasteiger partial charge in [-0.25, -0.2) is 9.69 Å². The fraction of sp³-hybridized carbons (Fsp3) is 0.500. The average Bonchev–Trinajstić information content (AvgIpc) is 2.85. The van der Waals surface area contributed by atoms with Gasteiger partial charge in [-0.05, 0) is 38.7 Å². The Morgan fingerprint density at radius 2 is 1.75 bits per heavy atom. The standard InChI is InChI=1S/C18H23N3O3/c1-13(15(22)20-11-7-4-8-12-20)21-16(23)18(2,19-17(21)24)14-9-5-3-6-10-14/h3,5-6,9-10,13H,4,7-8,11-12H2,1-2H3,(H,19,24)/t13-,18-/m1/s1. The number of imide groups is 1. The molecule has 0 unspecified atom stereocenters. The zero-order chi connectivity index (χ0) is 17.3. The van der Waals surface area contributed by atoms with E-state index in [0.29, 0.717) is 18.7 Å². The number of piperidine rings is 1. The van der Waals surface area contributed by atoms with Crippen LogP contribution < -0.4 is 5.32 Å². The number of carbonyl (C=O) groups is 3. The maximum absolute atomic E-state index is 12.9. The lowest BCUT2D eigenvalue weighted by molar-refractivity contribution is -0.143. The molecule has 2 atom stereocenters. The Kier molecular flexibility index (Phi) is 4.30. The van der Waals surface area contributed by atoms with Crippen molar-refractivity contribution in [2.24, 2.45) is 0 Å². The summed E-state index contributed by atoms with van der Waals surface area (Å²) in [5.74, 6) is -0.535. The van der Waals surface area contributed by atoms with E-state index in [1.54, 1.807) is 30.9 Å². The number of rotatable bonds is 3. The maximum atomic E-state index is 12.9. The topological polar surface area (TPSA) is 69.7 Å². The van der Waals surface area contributed by atoms with E-state index in [9.17, 15) is 14.4 Å². The molecule has 3 rings (SSSR count). The molecule has 0 radical (unpaired) electrons. The van der Waals surface area contributed by atoms with Crippen molar-refractivity contribution in [1.82, 2.24) is 15.1 Å². The summed E-state index contributed by atoms with van der Waals surface area (Å²) in [5, 5.41) is 2.75. The van der Waals surface area contributed by atoms with Crippen LogP contribution in [0.4, 0.5) is 4.79 Å². The predicted octanol–water partition coefficient (Wildman–Crippen LogP) is 1.85. The molecule has 1 N–H and O–H groups in total. The summed E-state index contributed by atoms with van der Waals surface area (Å²) in [5.41, 5.74) is -0.419. The summed E-state index contributed by atoms with van der Waals surface area (Å²) < 4.78 is 0. The molecule has 0 saturated carbocycles. The molecule has 24 heavy (non-hydrogen) atoms. The predicted molar refractivity (Wildman–Crippen MR) is 89.1 cm³/mol. The fourth-order valence-electron chi connectivity index (χ4n) is 3.47. The first-order valence-corrected chi connectivity index (χ1v) is 8.45. The van der Waals surface area contributed by atoms with Crippen LogP contribution >= 0.6 is 0 Å². The first-order valence-electron chi connectivity index (χ1n) is 8.45. The van der Waals surface area contributed by atoms with Gasteiger partial charge in [0, 0.05) is 13.1 Å². The molecule has 2 saturated heterocycles. The van der Waals surface area contributed by atoms with Crippen LogP contribution in [0.5, 0.6) is 0 Å². The van der Waals surface area contributed by atoms with Gasteiger partial charge in [-0.2, -0.15) is 0 Å². The summed E-state index contributed by atoms with van der Waals surface area (Å²) in [7, 11) is 0. The van der Waals surface area contributed by atoms with Crippen LogP contribution in [0.15, 0.2) is 30.3 Å². The summed E-state index contributed by atoms with van der Waals surface area (Å²) in [6.07, 6.45) is 3.06. The van der Waals surface area contributed by atoms with Crippen LogP contribution in [0, 0.1) is 0 Å². The fourth-order valence-corrected chi connectivity index (χ4v) is 3.47. The monoisotopic (exact) mass is 329 g/mol. The third-order valence-electron chi connectivity index (χ3n) is 4.99. The molecule has 0 spiro atoms.